The minimum absolute atomic E-state index is 0.0334. The number of aliphatic hydroxyl groups excluding tert-OH is 1. The molecule has 3 aromatic carbocycles. The number of carbonyl (C=O) groups is 3. The number of fused-ring (bicyclic) bond motifs is 2. The van der Waals surface area contributed by atoms with Gasteiger partial charge in [0.1, 0.15) is 6.04 Å². The van der Waals surface area contributed by atoms with Crippen molar-refractivity contribution < 1.29 is 19.5 Å². The van der Waals surface area contributed by atoms with E-state index in [0.717, 1.165) is 28.4 Å². The van der Waals surface area contributed by atoms with E-state index < -0.39 is 27.4 Å². The van der Waals surface area contributed by atoms with Gasteiger partial charge in [0.15, 0.2) is 0 Å². The molecule has 6 rings (SSSR count). The van der Waals surface area contributed by atoms with E-state index in [-0.39, 0.29) is 37.4 Å². The van der Waals surface area contributed by atoms with E-state index in [1.54, 1.807) is 38.6 Å². The molecule has 1 spiro atoms. The predicted molar refractivity (Wildman–Crippen MR) is 176 cm³/mol. The van der Waals surface area contributed by atoms with Gasteiger partial charge >= 0.3 is 0 Å². The van der Waals surface area contributed by atoms with Crippen LogP contribution in [0, 0.1) is 11.8 Å². The third kappa shape index (κ3) is 4.85. The fourth-order valence-corrected chi connectivity index (χ4v) is 10.1. The predicted octanol–water partition coefficient (Wildman–Crippen LogP) is 5.05. The maximum absolute atomic E-state index is 14.8. The molecule has 8 heteroatoms. The largest absolute Gasteiger partial charge is 0.395 e. The molecule has 2 unspecified atom stereocenters. The van der Waals surface area contributed by atoms with Gasteiger partial charge in [-0.1, -0.05) is 72.8 Å². The molecular formula is C36H39N3O4S. The summed E-state index contributed by atoms with van der Waals surface area (Å²) >= 11 is 1.64. The van der Waals surface area contributed by atoms with Crippen LogP contribution in [0.4, 0.5) is 5.69 Å². The maximum Gasteiger partial charge on any atom is 0.251 e. The van der Waals surface area contributed by atoms with Crippen LogP contribution in [0.15, 0.2) is 98.1 Å². The number of amides is 3. The molecule has 0 saturated carbocycles. The Kier molecular flexibility index (Phi) is 8.16. The van der Waals surface area contributed by atoms with Gasteiger partial charge in [0.25, 0.3) is 5.91 Å². The molecule has 3 aromatic rings. The minimum Gasteiger partial charge on any atom is -0.395 e. The number of benzene rings is 3. The van der Waals surface area contributed by atoms with Crippen LogP contribution in [-0.4, -0.2) is 74.4 Å². The zero-order valence-corrected chi connectivity index (χ0v) is 25.9. The Bertz CT molecular complexity index is 1610. The molecule has 0 radical (unpaired) electrons. The van der Waals surface area contributed by atoms with E-state index in [1.807, 2.05) is 72.8 Å². The highest BCUT2D eigenvalue weighted by molar-refractivity contribution is 8.02. The lowest BCUT2D eigenvalue weighted by Crippen LogP contribution is -2.55. The van der Waals surface area contributed by atoms with E-state index in [1.165, 1.54) is 0 Å². The number of β-amino-alcohol motifs (C(OH)–C–C–N with tert-alkyl or cyclic N) is 1. The third-order valence-corrected chi connectivity index (χ3v) is 11.6. The average molecular weight is 610 g/mol. The van der Waals surface area contributed by atoms with Crippen LogP contribution in [0.5, 0.6) is 0 Å². The summed E-state index contributed by atoms with van der Waals surface area (Å²) in [4.78, 5) is 48.7. The number of carbonyl (C=O) groups excluding carboxylic acids is 3. The number of nitrogens with zero attached hydrogens (tertiary/aromatic N) is 3. The minimum atomic E-state index is -0.815. The van der Waals surface area contributed by atoms with Gasteiger partial charge < -0.3 is 19.8 Å². The molecular weight excluding hydrogens is 570 g/mol. The lowest BCUT2D eigenvalue weighted by atomic mass is 9.66. The zero-order chi connectivity index (χ0) is 31.1. The summed E-state index contributed by atoms with van der Waals surface area (Å²) in [5, 5.41) is 12.1. The summed E-state index contributed by atoms with van der Waals surface area (Å²) in [5.41, 5.74) is 1.72. The normalized spacial score (nSPS) is 26.9. The highest BCUT2D eigenvalue weighted by Gasteiger charge is 2.77. The number of anilines is 1. The van der Waals surface area contributed by atoms with Gasteiger partial charge in [-0.2, -0.15) is 0 Å². The van der Waals surface area contributed by atoms with Gasteiger partial charge in [-0.3, -0.25) is 14.4 Å². The van der Waals surface area contributed by atoms with Crippen LogP contribution >= 0.6 is 11.8 Å². The van der Waals surface area contributed by atoms with Crippen LogP contribution in [0.25, 0.3) is 10.8 Å². The van der Waals surface area contributed by atoms with Gasteiger partial charge in [0, 0.05) is 36.6 Å². The second kappa shape index (κ2) is 11.9. The molecule has 3 saturated heterocycles. The summed E-state index contributed by atoms with van der Waals surface area (Å²) in [6.45, 7) is 10.7. The number of hydrogen-bond donors (Lipinski definition) is 1. The van der Waals surface area contributed by atoms with Gasteiger partial charge in [-0.15, -0.1) is 24.9 Å². The van der Waals surface area contributed by atoms with Crippen LogP contribution in [0.1, 0.15) is 25.3 Å². The standard InChI is InChI=1S/C36H39N3O4S/c1-4-19-37(24-25-11-7-6-8-12-25)32(41)29-30-33(42)39(21-22-40)31(36(30)18-17-35(29,3)44-36)34(43)38(20-5-2)28-16-15-26-13-9-10-14-27(26)23-28/h4-16,23,29-31,40H,1-2,17-22,24H2,3H3/t29-,30+,31?,35+,36?/m1/s1. The molecule has 2 bridgehead atoms. The Balaban J connectivity index is 1.39. The van der Waals surface area contributed by atoms with Crippen molar-refractivity contribution in [3.05, 3.63) is 104 Å². The first-order valence-corrected chi connectivity index (χ1v) is 16.1. The molecule has 7 nitrogen and oxygen atoms in total. The van der Waals surface area contributed by atoms with Crippen molar-refractivity contribution in [1.29, 1.82) is 0 Å². The molecule has 3 heterocycles. The van der Waals surface area contributed by atoms with Crippen LogP contribution in [0.2, 0.25) is 0 Å². The summed E-state index contributed by atoms with van der Waals surface area (Å²) in [5.74, 6) is -1.77. The number of hydrogen-bond acceptors (Lipinski definition) is 5. The molecule has 3 amide bonds. The van der Waals surface area contributed by atoms with E-state index in [2.05, 4.69) is 20.1 Å². The Labute approximate surface area is 263 Å². The molecule has 1 N–H and O–H groups in total. The van der Waals surface area contributed by atoms with Crippen molar-refractivity contribution in [3.63, 3.8) is 0 Å². The Morgan fingerprint density at radius 2 is 1.68 bits per heavy atom. The third-order valence-electron chi connectivity index (χ3n) is 9.62. The quantitative estimate of drug-likeness (QED) is 0.308. The molecule has 0 aromatic heterocycles. The number of thioether (sulfide) groups is 1. The summed E-state index contributed by atoms with van der Waals surface area (Å²) in [6, 6.07) is 22.9. The van der Waals surface area contributed by atoms with Crippen LogP contribution < -0.4 is 4.90 Å². The van der Waals surface area contributed by atoms with E-state index >= 15 is 0 Å². The molecule has 44 heavy (non-hydrogen) atoms. The van der Waals surface area contributed by atoms with Gasteiger partial charge in [-0.25, -0.2) is 0 Å². The Morgan fingerprint density at radius 3 is 2.39 bits per heavy atom. The van der Waals surface area contributed by atoms with Crippen molar-refractivity contribution in [1.82, 2.24) is 9.80 Å². The number of likely N-dealkylation sites (tertiary alicyclic amines) is 1. The molecule has 5 atom stereocenters. The second-order valence-electron chi connectivity index (χ2n) is 12.2. The summed E-state index contributed by atoms with van der Waals surface area (Å²) in [7, 11) is 0. The van der Waals surface area contributed by atoms with Crippen molar-refractivity contribution in [3.8, 4) is 0 Å². The van der Waals surface area contributed by atoms with Gasteiger partial charge in [0.2, 0.25) is 11.8 Å². The van der Waals surface area contributed by atoms with Gasteiger partial charge in [-0.05, 0) is 48.2 Å². The zero-order valence-electron chi connectivity index (χ0n) is 25.1. The van der Waals surface area contributed by atoms with Crippen LogP contribution in [0.3, 0.4) is 0 Å². The van der Waals surface area contributed by atoms with Crippen molar-refractivity contribution in [2.75, 3.05) is 31.1 Å². The first-order chi connectivity index (χ1) is 21.3. The van der Waals surface area contributed by atoms with E-state index in [0.29, 0.717) is 19.5 Å². The lowest BCUT2D eigenvalue weighted by Gasteiger charge is -2.38. The maximum atomic E-state index is 14.8. The first kappa shape index (κ1) is 30.2. The topological polar surface area (TPSA) is 81.2 Å². The van der Waals surface area contributed by atoms with Gasteiger partial charge in [0.05, 0.1) is 23.2 Å². The van der Waals surface area contributed by atoms with Crippen molar-refractivity contribution in [2.45, 2.75) is 41.8 Å². The van der Waals surface area contributed by atoms with Crippen molar-refractivity contribution in [2.24, 2.45) is 11.8 Å². The highest BCUT2D eigenvalue weighted by atomic mass is 32.2. The van der Waals surface area contributed by atoms with Crippen molar-refractivity contribution >= 4 is 45.9 Å². The SMILES string of the molecule is C=CCN(Cc1ccccc1)C(=O)[C@H]1[C@H]2C(=O)N(CCO)C(C(=O)N(CC=C)c3ccc4ccccc4c3)C23CC[C@]1(C)S3. The number of rotatable bonds is 11. The van der Waals surface area contributed by atoms with E-state index in [4.69, 9.17) is 0 Å². The van der Waals surface area contributed by atoms with E-state index in [9.17, 15) is 19.5 Å². The smallest absolute Gasteiger partial charge is 0.251 e. The molecule has 3 aliphatic rings. The lowest BCUT2D eigenvalue weighted by molar-refractivity contribution is -0.145. The summed E-state index contributed by atoms with van der Waals surface area (Å²) in [6.07, 6.45) is 4.78. The summed E-state index contributed by atoms with van der Waals surface area (Å²) < 4.78 is -1.27. The number of aliphatic hydroxyl groups is 1. The molecule has 3 aliphatic heterocycles. The Morgan fingerprint density at radius 1 is 0.977 bits per heavy atom. The molecule has 3 fully saturated rings. The van der Waals surface area contributed by atoms with Crippen LogP contribution in [-0.2, 0) is 20.9 Å². The molecule has 228 valence electrons. The average Bonchev–Trinajstić information content (AvgIpc) is 3.60. The Hall–Kier alpha value is -3.88. The molecule has 0 aliphatic carbocycles. The fraction of sp³-hybridized carbons (Fsp3) is 0.361. The fourth-order valence-electron chi connectivity index (χ4n) is 7.76. The highest BCUT2D eigenvalue weighted by Crippen LogP contribution is 2.71. The first-order valence-electron chi connectivity index (χ1n) is 15.2. The second-order valence-corrected chi connectivity index (χ2v) is 14.1. The monoisotopic (exact) mass is 609 g/mol.